The van der Waals surface area contributed by atoms with E-state index >= 15 is 0 Å². The van der Waals surface area contributed by atoms with E-state index in [1.165, 1.54) is 7.11 Å². The number of amides is 2. The zero-order chi connectivity index (χ0) is 14.0. The fourth-order valence-corrected chi connectivity index (χ4v) is 1.56. The van der Waals surface area contributed by atoms with Gasteiger partial charge in [-0.3, -0.25) is 4.79 Å². The van der Waals surface area contributed by atoms with Crippen LogP contribution in [0.1, 0.15) is 25.7 Å². The summed E-state index contributed by atoms with van der Waals surface area (Å²) in [5.74, 6) is -0.176. The molecule has 0 atom stereocenters. The van der Waals surface area contributed by atoms with E-state index in [1.807, 2.05) is 0 Å². The van der Waals surface area contributed by atoms with Crippen LogP contribution in [0.25, 0.3) is 0 Å². The third kappa shape index (κ3) is 6.93. The number of urea groups is 1. The van der Waals surface area contributed by atoms with E-state index in [0.717, 1.165) is 19.3 Å². The lowest BCUT2D eigenvalue weighted by Gasteiger charge is -2.23. The van der Waals surface area contributed by atoms with Crippen LogP contribution in [-0.2, 0) is 9.53 Å². The number of carbonyl (C=O) groups is 2. The summed E-state index contributed by atoms with van der Waals surface area (Å²) in [6.07, 6.45) is 4.75. The Morgan fingerprint density at radius 2 is 1.83 bits per heavy atom. The maximum absolute atomic E-state index is 11.8. The molecule has 0 spiro atoms. The molecule has 0 unspecified atom stereocenters. The molecule has 0 rings (SSSR count). The molecule has 0 fully saturated rings. The van der Waals surface area contributed by atoms with Gasteiger partial charge >= 0.3 is 12.0 Å². The minimum Gasteiger partial charge on any atom is -0.469 e. The normalized spacial score (nSPS) is 9.72. The third-order valence-corrected chi connectivity index (χ3v) is 2.66. The Labute approximate surface area is 109 Å². The SMILES string of the molecule is C=CCN(C)C(=O)N(C)CCCCCC(=O)OC. The Balaban J connectivity index is 3.69. The number of nitrogens with zero attached hydrogens (tertiary/aromatic N) is 2. The van der Waals surface area contributed by atoms with Crippen LogP contribution < -0.4 is 0 Å². The Kier molecular flexibility index (Phi) is 8.70. The first-order valence-corrected chi connectivity index (χ1v) is 6.16. The number of carbonyl (C=O) groups excluding carboxylic acids is 2. The largest absolute Gasteiger partial charge is 0.469 e. The summed E-state index contributed by atoms with van der Waals surface area (Å²) in [7, 11) is 4.92. The Bertz CT molecular complexity index is 279. The van der Waals surface area contributed by atoms with Gasteiger partial charge in [-0.2, -0.15) is 0 Å². The van der Waals surface area contributed by atoms with Gasteiger partial charge in [0.15, 0.2) is 0 Å². The molecule has 5 heteroatoms. The maximum Gasteiger partial charge on any atom is 0.319 e. The minimum atomic E-state index is -0.176. The highest BCUT2D eigenvalue weighted by molar-refractivity contribution is 5.73. The van der Waals surface area contributed by atoms with Gasteiger partial charge < -0.3 is 14.5 Å². The maximum atomic E-state index is 11.8. The van der Waals surface area contributed by atoms with Gasteiger partial charge in [0.05, 0.1) is 7.11 Å². The van der Waals surface area contributed by atoms with Gasteiger partial charge in [-0.1, -0.05) is 12.5 Å². The smallest absolute Gasteiger partial charge is 0.319 e. The Morgan fingerprint density at radius 1 is 1.17 bits per heavy atom. The molecule has 2 amide bonds. The topological polar surface area (TPSA) is 49.9 Å². The lowest BCUT2D eigenvalue weighted by molar-refractivity contribution is -0.140. The van der Waals surface area contributed by atoms with Crippen LogP contribution >= 0.6 is 0 Å². The van der Waals surface area contributed by atoms with Crippen LogP contribution in [0.3, 0.4) is 0 Å². The second-order valence-electron chi connectivity index (χ2n) is 4.26. The first-order chi connectivity index (χ1) is 8.52. The van der Waals surface area contributed by atoms with Gasteiger partial charge in [-0.05, 0) is 12.8 Å². The number of esters is 1. The van der Waals surface area contributed by atoms with Crippen molar-refractivity contribution >= 4 is 12.0 Å². The zero-order valence-corrected chi connectivity index (χ0v) is 11.6. The predicted octanol–water partition coefficient (Wildman–Crippen LogP) is 1.89. The second kappa shape index (κ2) is 9.50. The van der Waals surface area contributed by atoms with E-state index < -0.39 is 0 Å². The van der Waals surface area contributed by atoms with Crippen molar-refractivity contribution in [3.05, 3.63) is 12.7 Å². The van der Waals surface area contributed by atoms with E-state index in [2.05, 4.69) is 11.3 Å². The van der Waals surface area contributed by atoms with Crippen molar-refractivity contribution in [1.82, 2.24) is 9.80 Å². The van der Waals surface area contributed by atoms with Gasteiger partial charge in [0.2, 0.25) is 0 Å². The summed E-state index contributed by atoms with van der Waals surface area (Å²) in [4.78, 5) is 26.0. The number of methoxy groups -OCH3 is 1. The van der Waals surface area contributed by atoms with Gasteiger partial charge in [-0.25, -0.2) is 4.79 Å². The van der Waals surface area contributed by atoms with Gasteiger partial charge in [0.25, 0.3) is 0 Å². The molecule has 0 aliphatic heterocycles. The van der Waals surface area contributed by atoms with Crippen LogP contribution in [-0.4, -0.2) is 56.1 Å². The van der Waals surface area contributed by atoms with Crippen LogP contribution in [0.15, 0.2) is 12.7 Å². The third-order valence-electron chi connectivity index (χ3n) is 2.66. The summed E-state index contributed by atoms with van der Waals surface area (Å²) in [6, 6.07) is -0.0112. The molecular formula is C13H24N2O3. The second-order valence-corrected chi connectivity index (χ2v) is 4.26. The lowest BCUT2D eigenvalue weighted by atomic mass is 10.2. The Morgan fingerprint density at radius 3 is 2.39 bits per heavy atom. The Hall–Kier alpha value is -1.52. The molecular weight excluding hydrogens is 232 g/mol. The van der Waals surface area contributed by atoms with Gasteiger partial charge in [0, 0.05) is 33.6 Å². The summed E-state index contributed by atoms with van der Waals surface area (Å²) in [6.45, 7) is 4.84. The molecule has 0 aromatic heterocycles. The van der Waals surface area contributed by atoms with E-state index in [1.54, 1.807) is 30.0 Å². The molecule has 0 N–H and O–H groups in total. The summed E-state index contributed by atoms with van der Waals surface area (Å²) in [5, 5.41) is 0. The molecule has 0 saturated heterocycles. The highest BCUT2D eigenvalue weighted by Crippen LogP contribution is 2.03. The van der Waals surface area contributed by atoms with E-state index in [-0.39, 0.29) is 12.0 Å². The van der Waals surface area contributed by atoms with Gasteiger partial charge in [-0.15, -0.1) is 6.58 Å². The molecule has 0 aliphatic rings. The molecule has 104 valence electrons. The van der Waals surface area contributed by atoms with Crippen LogP contribution in [0.4, 0.5) is 4.79 Å². The van der Waals surface area contributed by atoms with Gasteiger partial charge in [0.1, 0.15) is 0 Å². The predicted molar refractivity (Wildman–Crippen MR) is 71.3 cm³/mol. The highest BCUT2D eigenvalue weighted by atomic mass is 16.5. The number of ether oxygens (including phenoxy) is 1. The minimum absolute atomic E-state index is 0.0112. The van der Waals surface area contributed by atoms with Crippen LogP contribution in [0.5, 0.6) is 0 Å². The molecule has 0 bridgehead atoms. The fraction of sp³-hybridized carbons (Fsp3) is 0.692. The lowest BCUT2D eigenvalue weighted by Crippen LogP contribution is -2.39. The van der Waals surface area contributed by atoms with Crippen molar-refractivity contribution in [2.24, 2.45) is 0 Å². The average Bonchev–Trinajstić information content (AvgIpc) is 2.37. The van der Waals surface area contributed by atoms with E-state index in [9.17, 15) is 9.59 Å². The first-order valence-electron chi connectivity index (χ1n) is 6.16. The highest BCUT2D eigenvalue weighted by Gasteiger charge is 2.12. The molecule has 0 heterocycles. The van der Waals surface area contributed by atoms with Crippen molar-refractivity contribution in [1.29, 1.82) is 0 Å². The number of unbranched alkanes of at least 4 members (excludes halogenated alkanes) is 2. The van der Waals surface area contributed by atoms with E-state index in [4.69, 9.17) is 0 Å². The van der Waals surface area contributed by atoms with Crippen molar-refractivity contribution in [2.45, 2.75) is 25.7 Å². The zero-order valence-electron chi connectivity index (χ0n) is 11.6. The summed E-state index contributed by atoms with van der Waals surface area (Å²) >= 11 is 0. The van der Waals surface area contributed by atoms with Crippen molar-refractivity contribution in [3.8, 4) is 0 Å². The van der Waals surface area contributed by atoms with Crippen LogP contribution in [0, 0.1) is 0 Å². The molecule has 18 heavy (non-hydrogen) atoms. The molecule has 0 aliphatic carbocycles. The average molecular weight is 256 g/mol. The number of likely N-dealkylation sites (N-methyl/N-ethyl adjacent to an activating group) is 1. The van der Waals surface area contributed by atoms with E-state index in [0.29, 0.717) is 19.5 Å². The quantitative estimate of drug-likeness (QED) is 0.378. The fourth-order valence-electron chi connectivity index (χ4n) is 1.56. The van der Waals surface area contributed by atoms with Crippen LogP contribution in [0.2, 0.25) is 0 Å². The number of rotatable bonds is 8. The van der Waals surface area contributed by atoms with Crippen molar-refractivity contribution in [3.63, 3.8) is 0 Å². The summed E-state index contributed by atoms with van der Waals surface area (Å²) in [5.41, 5.74) is 0. The monoisotopic (exact) mass is 256 g/mol. The van der Waals surface area contributed by atoms with Crippen molar-refractivity contribution < 1.29 is 14.3 Å². The molecule has 0 saturated carbocycles. The molecule has 5 nitrogen and oxygen atoms in total. The van der Waals surface area contributed by atoms with Crippen molar-refractivity contribution in [2.75, 3.05) is 34.3 Å². The molecule has 0 aromatic rings. The number of hydrogen-bond donors (Lipinski definition) is 0. The molecule has 0 aromatic carbocycles. The summed E-state index contributed by atoms with van der Waals surface area (Å²) < 4.78 is 4.55. The molecule has 0 radical (unpaired) electrons. The first kappa shape index (κ1) is 16.5. The number of hydrogen-bond acceptors (Lipinski definition) is 3. The standard InChI is InChI=1S/C13H24N2O3/c1-5-10-14(2)13(17)15(3)11-8-6-7-9-12(16)18-4/h5H,1,6-11H2,2-4H3.